The molecule has 60 heavy (non-hydrogen) atoms. The first-order valence-corrected chi connectivity index (χ1v) is 29.7. The van der Waals surface area contributed by atoms with Gasteiger partial charge < -0.3 is 0 Å². The molecule has 0 aromatic carbocycles. The monoisotopic (exact) mass is 823 g/mol. The maximum Gasteiger partial charge on any atom is -0.0380 e. The first-order chi connectivity index (χ1) is 29.7. The van der Waals surface area contributed by atoms with Crippen LogP contribution in [0, 0.1) is 107 Å². The van der Waals surface area contributed by atoms with Crippen molar-refractivity contribution in [2.75, 3.05) is 0 Å². The Morgan fingerprint density at radius 2 is 0.200 bits per heavy atom. The van der Waals surface area contributed by atoms with Gasteiger partial charge in [0.1, 0.15) is 0 Å². The van der Waals surface area contributed by atoms with E-state index in [1.165, 1.54) is 0 Å². The van der Waals surface area contributed by atoms with E-state index in [-0.39, 0.29) is 0 Å². The summed E-state index contributed by atoms with van der Waals surface area (Å²) >= 11 is 0. The lowest BCUT2D eigenvalue weighted by atomic mass is 9.52. The van der Waals surface area contributed by atoms with Gasteiger partial charge in [-0.2, -0.15) is 0 Å². The summed E-state index contributed by atoms with van der Waals surface area (Å²) in [7, 11) is 0. The first kappa shape index (κ1) is 43.9. The summed E-state index contributed by atoms with van der Waals surface area (Å²) in [5.74, 6) is 19.6. The van der Waals surface area contributed by atoms with E-state index in [0.29, 0.717) is 0 Å². The van der Waals surface area contributed by atoms with E-state index >= 15 is 0 Å². The maximum absolute atomic E-state index is 1.69. The number of rotatable bonds is 9. The molecule has 0 heteroatoms. The van der Waals surface area contributed by atoms with Crippen molar-refractivity contribution in [2.24, 2.45) is 107 Å². The first-order valence-electron chi connectivity index (χ1n) is 29.7. The van der Waals surface area contributed by atoms with Gasteiger partial charge in [0.05, 0.1) is 0 Å². The van der Waals surface area contributed by atoms with Gasteiger partial charge in [0.2, 0.25) is 0 Å². The van der Waals surface area contributed by atoms with Crippen LogP contribution < -0.4 is 0 Å². The van der Waals surface area contributed by atoms with Crippen LogP contribution in [0.4, 0.5) is 0 Å². The van der Waals surface area contributed by atoms with Gasteiger partial charge >= 0.3 is 0 Å². The van der Waals surface area contributed by atoms with E-state index in [2.05, 4.69) is 0 Å². The molecule has 0 radical (unpaired) electrons. The zero-order valence-electron chi connectivity index (χ0n) is 40.1. The summed E-state index contributed by atoms with van der Waals surface area (Å²) in [4.78, 5) is 0. The van der Waals surface area contributed by atoms with Crippen LogP contribution in [0.15, 0.2) is 0 Å². The second kappa shape index (κ2) is 21.5. The second-order valence-corrected chi connectivity index (χ2v) is 26.3. The van der Waals surface area contributed by atoms with Crippen LogP contribution in [-0.2, 0) is 0 Å². The third kappa shape index (κ3) is 10.8. The molecule has 10 aliphatic carbocycles. The van der Waals surface area contributed by atoms with E-state index in [0.717, 1.165) is 107 Å². The van der Waals surface area contributed by atoms with Gasteiger partial charge in [-0.05, 0) is 184 Å². The Hall–Kier alpha value is 0. The topological polar surface area (TPSA) is 0 Å². The van der Waals surface area contributed by atoms with Crippen LogP contribution in [0.3, 0.4) is 0 Å². The van der Waals surface area contributed by atoms with Crippen molar-refractivity contribution in [2.45, 2.75) is 270 Å². The highest BCUT2D eigenvalue weighted by molar-refractivity contribution is 4.99. The Kier molecular flexibility index (Phi) is 15.7. The van der Waals surface area contributed by atoms with Crippen molar-refractivity contribution in [3.63, 3.8) is 0 Å². The Labute approximate surface area is 374 Å². The standard InChI is InChI=1S/C60H102/c1-7-19-43(20-8-1)49-31-50(44-21-9-2-10-22-44)35-55(34-49)58-40-59(56-36-51(45-23-11-3-12-24-45)32-52(37-56)46-25-13-4-14-26-46)42-60(41-58)57-38-53(47-27-15-5-16-28-47)33-54(39-57)48-29-17-6-18-30-48/h43-60H,1-42H2/t49-,50?,51?,52?,53?,54?,55?,56?,57?,58?,59?,60?/m0/s1. The van der Waals surface area contributed by atoms with Gasteiger partial charge in [-0.25, -0.2) is 0 Å². The quantitative estimate of drug-likeness (QED) is 0.217. The lowest BCUT2D eigenvalue weighted by molar-refractivity contribution is -0.0269. The highest BCUT2D eigenvalue weighted by Gasteiger charge is 2.49. The number of hydrogen-bond donors (Lipinski definition) is 0. The molecule has 0 N–H and O–H groups in total. The van der Waals surface area contributed by atoms with Crippen LogP contribution in [0.25, 0.3) is 0 Å². The molecule has 0 heterocycles. The van der Waals surface area contributed by atoms with Crippen molar-refractivity contribution in [1.29, 1.82) is 0 Å². The molecule has 10 aliphatic rings. The summed E-state index contributed by atoms with van der Waals surface area (Å²) in [6, 6.07) is 0. The molecule has 0 spiro atoms. The molecule has 0 aliphatic heterocycles. The fraction of sp³-hybridized carbons (Fsp3) is 1.00. The predicted molar refractivity (Wildman–Crippen MR) is 257 cm³/mol. The zero-order chi connectivity index (χ0) is 40.1. The van der Waals surface area contributed by atoms with Crippen LogP contribution in [0.1, 0.15) is 270 Å². The van der Waals surface area contributed by atoms with E-state index in [1.54, 1.807) is 270 Å². The van der Waals surface area contributed by atoms with E-state index in [4.69, 9.17) is 0 Å². The van der Waals surface area contributed by atoms with E-state index in [1.807, 2.05) is 0 Å². The molecule has 0 aromatic heterocycles. The van der Waals surface area contributed by atoms with Gasteiger partial charge in [-0.15, -0.1) is 0 Å². The van der Waals surface area contributed by atoms with Gasteiger partial charge in [-0.1, -0.05) is 193 Å². The average molecular weight is 823 g/mol. The minimum absolute atomic E-state index is 1.08. The van der Waals surface area contributed by atoms with Crippen LogP contribution in [-0.4, -0.2) is 0 Å². The van der Waals surface area contributed by atoms with Gasteiger partial charge in [0.25, 0.3) is 0 Å². The summed E-state index contributed by atoms with van der Waals surface area (Å²) in [5.41, 5.74) is 0. The zero-order valence-corrected chi connectivity index (χ0v) is 40.1. The average Bonchev–Trinajstić information content (AvgIpc) is 3.35. The predicted octanol–water partition coefficient (Wildman–Crippen LogP) is 18.6. The molecule has 0 amide bonds. The Morgan fingerprint density at radius 1 is 0.100 bits per heavy atom. The molecule has 10 rings (SSSR count). The molecule has 0 nitrogen and oxygen atoms in total. The van der Waals surface area contributed by atoms with Crippen molar-refractivity contribution < 1.29 is 0 Å². The van der Waals surface area contributed by atoms with Crippen molar-refractivity contribution in [1.82, 2.24) is 0 Å². The summed E-state index contributed by atoms with van der Waals surface area (Å²) < 4.78 is 0. The minimum atomic E-state index is 1.08. The van der Waals surface area contributed by atoms with Crippen LogP contribution >= 0.6 is 0 Å². The summed E-state index contributed by atoms with van der Waals surface area (Å²) in [5, 5.41) is 0. The fourth-order valence-electron chi connectivity index (χ4n) is 20.1. The van der Waals surface area contributed by atoms with Gasteiger partial charge in [-0.3, -0.25) is 0 Å². The van der Waals surface area contributed by atoms with Crippen molar-refractivity contribution >= 4 is 0 Å². The van der Waals surface area contributed by atoms with Crippen molar-refractivity contribution in [3.05, 3.63) is 0 Å². The third-order valence-electron chi connectivity index (χ3n) is 23.2. The van der Waals surface area contributed by atoms with Crippen molar-refractivity contribution in [3.8, 4) is 0 Å². The molecule has 342 valence electrons. The SMILES string of the molecule is C1CCC(C2CC(C3CCCCC3)CC(C3CC(C4CC(C5CCCCC5)CC(C5CCCCC5)C4)CC(C4CC(C5CCCCC5)C[C@H](C5CCCCC5)C4)C3)C2)CC1. The smallest absolute Gasteiger partial charge is 0.0380 e. The fourth-order valence-corrected chi connectivity index (χ4v) is 20.1. The highest BCUT2D eigenvalue weighted by atomic mass is 14.5. The Bertz CT molecular complexity index is 992. The Balaban J connectivity index is 0.949. The lowest BCUT2D eigenvalue weighted by Crippen LogP contribution is -2.43. The van der Waals surface area contributed by atoms with Gasteiger partial charge in [0, 0.05) is 0 Å². The molecular weight excluding hydrogens is 721 g/mol. The third-order valence-corrected chi connectivity index (χ3v) is 23.2. The molecule has 8 unspecified atom stereocenters. The molecule has 9 atom stereocenters. The lowest BCUT2D eigenvalue weighted by Gasteiger charge is -2.53. The largest absolute Gasteiger partial charge is 0.0533 e. The molecule has 0 saturated heterocycles. The molecule has 10 fully saturated rings. The minimum Gasteiger partial charge on any atom is -0.0533 e. The molecule has 10 saturated carbocycles. The van der Waals surface area contributed by atoms with Crippen LogP contribution in [0.2, 0.25) is 0 Å². The molecule has 0 bridgehead atoms. The summed E-state index contributed by atoms with van der Waals surface area (Å²) in [6.45, 7) is 0. The van der Waals surface area contributed by atoms with Gasteiger partial charge in [0.15, 0.2) is 0 Å². The Morgan fingerprint density at radius 3 is 0.317 bits per heavy atom. The molecule has 0 aromatic rings. The normalized spacial score (nSPS) is 43.8. The molecular formula is C60H102. The van der Waals surface area contributed by atoms with E-state index < -0.39 is 0 Å². The number of hydrogen-bond acceptors (Lipinski definition) is 0. The highest BCUT2D eigenvalue weighted by Crippen LogP contribution is 2.59. The maximum atomic E-state index is 1.69. The second-order valence-electron chi connectivity index (χ2n) is 26.3. The van der Waals surface area contributed by atoms with Crippen LogP contribution in [0.5, 0.6) is 0 Å². The van der Waals surface area contributed by atoms with E-state index in [9.17, 15) is 0 Å². The summed E-state index contributed by atoms with van der Waals surface area (Å²) in [6.07, 6.45) is 67.4.